The van der Waals surface area contributed by atoms with Gasteiger partial charge in [-0.3, -0.25) is 0 Å². The summed E-state index contributed by atoms with van der Waals surface area (Å²) in [6.07, 6.45) is 1.26. The quantitative estimate of drug-likeness (QED) is 0.905. The molecule has 102 valence electrons. The minimum absolute atomic E-state index is 0.653. The van der Waals surface area contributed by atoms with Gasteiger partial charge in [-0.25, -0.2) is 4.98 Å². The first-order chi connectivity index (χ1) is 9.24. The van der Waals surface area contributed by atoms with E-state index in [1.807, 2.05) is 6.07 Å². The van der Waals surface area contributed by atoms with Crippen molar-refractivity contribution in [3.8, 4) is 0 Å². The second-order valence-corrected chi connectivity index (χ2v) is 5.50. The van der Waals surface area contributed by atoms with Gasteiger partial charge in [-0.05, 0) is 39.1 Å². The lowest BCUT2D eigenvalue weighted by molar-refractivity contribution is 0.396. The van der Waals surface area contributed by atoms with Crippen LogP contribution in [0.2, 0.25) is 0 Å². The first-order valence-electron chi connectivity index (χ1n) is 7.08. The lowest BCUT2D eigenvalue weighted by Gasteiger charge is -2.14. The van der Waals surface area contributed by atoms with E-state index in [-0.39, 0.29) is 0 Å². The van der Waals surface area contributed by atoms with Gasteiger partial charge in [0.15, 0.2) is 0 Å². The Hall–Kier alpha value is -1.39. The Morgan fingerprint density at radius 3 is 3.00 bits per heavy atom. The molecule has 1 fully saturated rings. The molecular weight excluding hydrogens is 236 g/mol. The van der Waals surface area contributed by atoms with Gasteiger partial charge < -0.3 is 14.8 Å². The minimum Gasteiger partial charge on any atom is -0.327 e. The molecule has 2 aromatic rings. The Bertz CT molecular complexity index is 560. The number of benzene rings is 1. The molecule has 0 spiro atoms. The number of likely N-dealkylation sites (tertiary alicyclic amines) is 1. The Morgan fingerprint density at radius 2 is 2.21 bits per heavy atom. The van der Waals surface area contributed by atoms with Crippen LogP contribution in [0.25, 0.3) is 11.0 Å². The summed E-state index contributed by atoms with van der Waals surface area (Å²) in [6, 6.07) is 9.02. The van der Waals surface area contributed by atoms with Crippen LogP contribution in [0.3, 0.4) is 0 Å². The summed E-state index contributed by atoms with van der Waals surface area (Å²) in [6.45, 7) is 6.48. The standard InChI is InChI=1S/C15H22N4/c1-12-17-14-5-3-4-6-15(14)19(12)10-8-16-13-7-9-18(2)11-13/h3-6,13,16H,7-11H2,1-2H3. The molecule has 1 saturated heterocycles. The van der Waals surface area contributed by atoms with E-state index in [2.05, 4.69) is 51.9 Å². The number of nitrogens with one attached hydrogen (secondary N) is 1. The summed E-state index contributed by atoms with van der Waals surface area (Å²) in [5.41, 5.74) is 2.34. The van der Waals surface area contributed by atoms with E-state index in [0.717, 1.165) is 24.4 Å². The molecule has 0 radical (unpaired) electrons. The maximum Gasteiger partial charge on any atom is 0.106 e. The second kappa shape index (κ2) is 5.31. The normalized spacial score (nSPS) is 20.4. The maximum absolute atomic E-state index is 4.60. The van der Waals surface area contributed by atoms with E-state index in [4.69, 9.17) is 0 Å². The number of nitrogens with zero attached hydrogens (tertiary/aromatic N) is 3. The Labute approximate surface area is 114 Å². The van der Waals surface area contributed by atoms with Crippen LogP contribution >= 0.6 is 0 Å². The zero-order chi connectivity index (χ0) is 13.2. The van der Waals surface area contributed by atoms with Gasteiger partial charge in [0.2, 0.25) is 0 Å². The molecule has 0 amide bonds. The number of fused-ring (bicyclic) bond motifs is 1. The highest BCUT2D eigenvalue weighted by molar-refractivity contribution is 5.75. The number of rotatable bonds is 4. The SMILES string of the molecule is Cc1nc2ccccc2n1CCNC1CCN(C)C1. The van der Waals surface area contributed by atoms with Crippen molar-refractivity contribution >= 4 is 11.0 Å². The van der Waals surface area contributed by atoms with Crippen molar-refractivity contribution in [3.63, 3.8) is 0 Å². The number of imidazole rings is 1. The van der Waals surface area contributed by atoms with E-state index < -0.39 is 0 Å². The van der Waals surface area contributed by atoms with Gasteiger partial charge in [-0.2, -0.15) is 0 Å². The lowest BCUT2D eigenvalue weighted by Crippen LogP contribution is -2.33. The maximum atomic E-state index is 4.60. The number of aromatic nitrogens is 2. The number of hydrogen-bond donors (Lipinski definition) is 1. The summed E-state index contributed by atoms with van der Waals surface area (Å²) in [5, 5.41) is 3.65. The molecular formula is C15H22N4. The molecule has 1 aromatic heterocycles. The van der Waals surface area contributed by atoms with Crippen molar-refractivity contribution in [3.05, 3.63) is 30.1 Å². The molecule has 1 aromatic carbocycles. The third-order valence-electron chi connectivity index (χ3n) is 4.01. The third-order valence-corrected chi connectivity index (χ3v) is 4.01. The number of aryl methyl sites for hydroxylation is 1. The highest BCUT2D eigenvalue weighted by atomic mass is 15.2. The van der Waals surface area contributed by atoms with Crippen LogP contribution < -0.4 is 5.32 Å². The van der Waals surface area contributed by atoms with Crippen molar-refractivity contribution in [1.29, 1.82) is 0 Å². The van der Waals surface area contributed by atoms with Crippen molar-refractivity contribution < 1.29 is 0 Å². The number of hydrogen-bond acceptors (Lipinski definition) is 3. The molecule has 0 bridgehead atoms. The molecule has 1 N–H and O–H groups in total. The van der Waals surface area contributed by atoms with Crippen LogP contribution in [0.15, 0.2) is 24.3 Å². The molecule has 1 atom stereocenters. The molecule has 1 aliphatic rings. The molecule has 1 aliphatic heterocycles. The van der Waals surface area contributed by atoms with Crippen LogP contribution in [0, 0.1) is 6.92 Å². The van der Waals surface area contributed by atoms with Crippen molar-refractivity contribution in [2.45, 2.75) is 25.9 Å². The van der Waals surface area contributed by atoms with Crippen LogP contribution in [0.4, 0.5) is 0 Å². The predicted octanol–water partition coefficient (Wildman–Crippen LogP) is 1.64. The average Bonchev–Trinajstić information content (AvgIpc) is 2.94. The summed E-state index contributed by atoms with van der Waals surface area (Å²) in [4.78, 5) is 6.99. The van der Waals surface area contributed by atoms with Crippen molar-refractivity contribution in [2.75, 3.05) is 26.7 Å². The fourth-order valence-corrected chi connectivity index (χ4v) is 2.96. The van der Waals surface area contributed by atoms with Gasteiger partial charge in [0, 0.05) is 25.7 Å². The smallest absolute Gasteiger partial charge is 0.106 e. The van der Waals surface area contributed by atoms with E-state index >= 15 is 0 Å². The van der Waals surface area contributed by atoms with Gasteiger partial charge in [-0.1, -0.05) is 12.1 Å². The summed E-state index contributed by atoms with van der Waals surface area (Å²) in [5.74, 6) is 1.10. The monoisotopic (exact) mass is 258 g/mol. The fourth-order valence-electron chi connectivity index (χ4n) is 2.96. The molecule has 1 unspecified atom stereocenters. The second-order valence-electron chi connectivity index (χ2n) is 5.50. The highest BCUT2D eigenvalue weighted by Gasteiger charge is 2.18. The zero-order valence-electron chi connectivity index (χ0n) is 11.8. The highest BCUT2D eigenvalue weighted by Crippen LogP contribution is 2.15. The van der Waals surface area contributed by atoms with Crippen LogP contribution in [-0.4, -0.2) is 47.2 Å². The fraction of sp³-hybridized carbons (Fsp3) is 0.533. The van der Waals surface area contributed by atoms with Gasteiger partial charge in [0.05, 0.1) is 11.0 Å². The summed E-state index contributed by atoms with van der Waals surface area (Å²) < 4.78 is 2.31. The molecule has 0 aliphatic carbocycles. The van der Waals surface area contributed by atoms with Crippen LogP contribution in [0.5, 0.6) is 0 Å². The largest absolute Gasteiger partial charge is 0.327 e. The van der Waals surface area contributed by atoms with Gasteiger partial charge in [0.1, 0.15) is 5.82 Å². The summed E-state index contributed by atoms with van der Waals surface area (Å²) >= 11 is 0. The van der Waals surface area contributed by atoms with E-state index in [0.29, 0.717) is 6.04 Å². The Kier molecular flexibility index (Phi) is 3.53. The third kappa shape index (κ3) is 2.65. The average molecular weight is 258 g/mol. The molecule has 4 heteroatoms. The molecule has 3 rings (SSSR count). The Morgan fingerprint density at radius 1 is 1.37 bits per heavy atom. The van der Waals surface area contributed by atoms with Gasteiger partial charge in [-0.15, -0.1) is 0 Å². The zero-order valence-corrected chi connectivity index (χ0v) is 11.8. The first-order valence-corrected chi connectivity index (χ1v) is 7.08. The molecule has 0 saturated carbocycles. The predicted molar refractivity (Wildman–Crippen MR) is 78.4 cm³/mol. The summed E-state index contributed by atoms with van der Waals surface area (Å²) in [7, 11) is 2.19. The first kappa shape index (κ1) is 12.6. The Balaban J connectivity index is 1.63. The van der Waals surface area contributed by atoms with Gasteiger partial charge >= 0.3 is 0 Å². The van der Waals surface area contributed by atoms with Crippen molar-refractivity contribution in [1.82, 2.24) is 19.8 Å². The van der Waals surface area contributed by atoms with Gasteiger partial charge in [0.25, 0.3) is 0 Å². The van der Waals surface area contributed by atoms with E-state index in [1.165, 1.54) is 25.0 Å². The van der Waals surface area contributed by atoms with Crippen LogP contribution in [-0.2, 0) is 6.54 Å². The molecule has 2 heterocycles. The molecule has 4 nitrogen and oxygen atoms in total. The minimum atomic E-state index is 0.653. The van der Waals surface area contributed by atoms with E-state index in [9.17, 15) is 0 Å². The topological polar surface area (TPSA) is 33.1 Å². The van der Waals surface area contributed by atoms with Crippen molar-refractivity contribution in [2.24, 2.45) is 0 Å². The number of likely N-dealkylation sites (N-methyl/N-ethyl adjacent to an activating group) is 1. The van der Waals surface area contributed by atoms with Crippen LogP contribution in [0.1, 0.15) is 12.2 Å². The number of para-hydroxylation sites is 2. The lowest BCUT2D eigenvalue weighted by atomic mass is 10.2. The molecule has 19 heavy (non-hydrogen) atoms. The van der Waals surface area contributed by atoms with E-state index in [1.54, 1.807) is 0 Å².